The number of hydrogen-bond acceptors (Lipinski definition) is 4. The molecule has 0 bridgehead atoms. The zero-order valence-electron chi connectivity index (χ0n) is 9.08. The molecule has 84 valence electrons. The predicted molar refractivity (Wildman–Crippen MR) is 54.1 cm³/mol. The molecule has 0 spiro atoms. The Kier molecular flexibility index (Phi) is 3.89. The summed E-state index contributed by atoms with van der Waals surface area (Å²) < 4.78 is 10.3. The highest BCUT2D eigenvalue weighted by Gasteiger charge is 2.44. The average molecular weight is 203 g/mol. The Bertz CT molecular complexity index is 174. The number of nitrogens with two attached hydrogens (primary N) is 1. The van der Waals surface area contributed by atoms with Crippen LogP contribution >= 0.6 is 0 Å². The highest BCUT2D eigenvalue weighted by atomic mass is 16.5. The minimum Gasteiger partial charge on any atom is -0.388 e. The fraction of sp³-hybridized carbons (Fsp3) is 1.00. The fourth-order valence-corrected chi connectivity index (χ4v) is 1.94. The monoisotopic (exact) mass is 203 g/mol. The molecule has 1 saturated heterocycles. The molecule has 0 aromatic rings. The standard InChI is InChI=1S/C10H21NO3/c1-9(11,8-13-2)10(12)4-3-6-14-7-5-10/h12H,3-8,11H2,1-2H3. The summed E-state index contributed by atoms with van der Waals surface area (Å²) >= 11 is 0. The summed E-state index contributed by atoms with van der Waals surface area (Å²) in [6, 6.07) is 0. The van der Waals surface area contributed by atoms with Gasteiger partial charge in [0.1, 0.15) is 0 Å². The summed E-state index contributed by atoms with van der Waals surface area (Å²) in [5.41, 5.74) is 4.51. The van der Waals surface area contributed by atoms with Crippen molar-refractivity contribution < 1.29 is 14.6 Å². The molecule has 0 aromatic heterocycles. The number of aliphatic hydroxyl groups is 1. The molecule has 4 nitrogen and oxygen atoms in total. The second-order valence-corrected chi connectivity index (χ2v) is 4.35. The van der Waals surface area contributed by atoms with E-state index in [9.17, 15) is 5.11 Å². The van der Waals surface area contributed by atoms with Crippen LogP contribution in [0, 0.1) is 0 Å². The number of ether oxygens (including phenoxy) is 2. The third-order valence-corrected chi connectivity index (χ3v) is 3.05. The van der Waals surface area contributed by atoms with E-state index in [0.717, 1.165) is 6.42 Å². The van der Waals surface area contributed by atoms with Crippen LogP contribution in [-0.2, 0) is 9.47 Å². The predicted octanol–water partition coefficient (Wildman–Crippen LogP) is 0.282. The normalized spacial score (nSPS) is 33.4. The molecule has 1 aliphatic rings. The van der Waals surface area contributed by atoms with Crippen LogP contribution in [0.5, 0.6) is 0 Å². The summed E-state index contributed by atoms with van der Waals surface area (Å²) in [6.45, 7) is 3.49. The van der Waals surface area contributed by atoms with Gasteiger partial charge in [-0.1, -0.05) is 0 Å². The van der Waals surface area contributed by atoms with E-state index >= 15 is 0 Å². The fourth-order valence-electron chi connectivity index (χ4n) is 1.94. The first-order valence-corrected chi connectivity index (χ1v) is 5.10. The van der Waals surface area contributed by atoms with Gasteiger partial charge in [0.15, 0.2) is 0 Å². The van der Waals surface area contributed by atoms with Gasteiger partial charge < -0.3 is 20.3 Å². The number of hydrogen-bond donors (Lipinski definition) is 2. The van der Waals surface area contributed by atoms with Crippen molar-refractivity contribution in [1.29, 1.82) is 0 Å². The molecular weight excluding hydrogens is 182 g/mol. The summed E-state index contributed by atoms with van der Waals surface area (Å²) in [5, 5.41) is 10.4. The maximum absolute atomic E-state index is 10.4. The molecule has 0 saturated carbocycles. The molecule has 1 fully saturated rings. The zero-order chi connectivity index (χ0) is 10.7. The minimum absolute atomic E-state index is 0.365. The maximum atomic E-state index is 10.4. The van der Waals surface area contributed by atoms with Gasteiger partial charge in [0.25, 0.3) is 0 Å². The van der Waals surface area contributed by atoms with Gasteiger partial charge >= 0.3 is 0 Å². The zero-order valence-corrected chi connectivity index (χ0v) is 9.08. The van der Waals surface area contributed by atoms with Gasteiger partial charge in [-0.2, -0.15) is 0 Å². The van der Waals surface area contributed by atoms with Gasteiger partial charge in [-0.25, -0.2) is 0 Å². The lowest BCUT2D eigenvalue weighted by molar-refractivity contribution is -0.0696. The van der Waals surface area contributed by atoms with E-state index in [0.29, 0.717) is 32.7 Å². The highest BCUT2D eigenvalue weighted by molar-refractivity contribution is 5.01. The summed E-state index contributed by atoms with van der Waals surface area (Å²) in [5.74, 6) is 0. The van der Waals surface area contributed by atoms with Crippen LogP contribution in [-0.4, -0.2) is 43.2 Å². The van der Waals surface area contributed by atoms with Crippen molar-refractivity contribution in [3.63, 3.8) is 0 Å². The van der Waals surface area contributed by atoms with E-state index in [1.165, 1.54) is 0 Å². The van der Waals surface area contributed by atoms with Gasteiger partial charge in [0.2, 0.25) is 0 Å². The van der Waals surface area contributed by atoms with Gasteiger partial charge in [0, 0.05) is 26.7 Å². The topological polar surface area (TPSA) is 64.7 Å². The lowest BCUT2D eigenvalue weighted by atomic mass is 9.77. The third-order valence-electron chi connectivity index (χ3n) is 3.05. The first kappa shape index (κ1) is 11.9. The van der Waals surface area contributed by atoms with Crippen LogP contribution in [0.3, 0.4) is 0 Å². The third kappa shape index (κ3) is 2.45. The highest BCUT2D eigenvalue weighted by Crippen LogP contribution is 2.30. The van der Waals surface area contributed by atoms with E-state index in [4.69, 9.17) is 15.2 Å². The molecule has 2 atom stereocenters. The van der Waals surface area contributed by atoms with Crippen LogP contribution in [0.1, 0.15) is 26.2 Å². The second kappa shape index (κ2) is 4.57. The van der Waals surface area contributed by atoms with Crippen LogP contribution in [0.15, 0.2) is 0 Å². The molecular formula is C10H21NO3. The molecule has 3 N–H and O–H groups in total. The lowest BCUT2D eigenvalue weighted by Gasteiger charge is -2.41. The molecule has 0 radical (unpaired) electrons. The van der Waals surface area contributed by atoms with Crippen molar-refractivity contribution in [2.45, 2.75) is 37.3 Å². The van der Waals surface area contributed by atoms with E-state index < -0.39 is 11.1 Å². The van der Waals surface area contributed by atoms with Crippen molar-refractivity contribution in [3.05, 3.63) is 0 Å². The Hall–Kier alpha value is -0.160. The maximum Gasteiger partial charge on any atom is 0.0868 e. The molecule has 2 unspecified atom stereocenters. The van der Waals surface area contributed by atoms with Crippen molar-refractivity contribution in [1.82, 2.24) is 0 Å². The van der Waals surface area contributed by atoms with Crippen molar-refractivity contribution in [2.75, 3.05) is 26.9 Å². The summed E-state index contributed by atoms with van der Waals surface area (Å²) in [4.78, 5) is 0. The Balaban J connectivity index is 2.68. The average Bonchev–Trinajstić information content (AvgIpc) is 2.31. The van der Waals surface area contributed by atoms with Gasteiger partial charge in [-0.15, -0.1) is 0 Å². The number of rotatable bonds is 3. The van der Waals surface area contributed by atoms with E-state index in [-0.39, 0.29) is 0 Å². The van der Waals surface area contributed by atoms with Gasteiger partial charge in [0.05, 0.1) is 17.7 Å². The lowest BCUT2D eigenvalue weighted by Crippen LogP contribution is -2.61. The smallest absolute Gasteiger partial charge is 0.0868 e. The minimum atomic E-state index is -0.862. The molecule has 1 heterocycles. The molecule has 1 aliphatic heterocycles. The molecule has 0 aliphatic carbocycles. The van der Waals surface area contributed by atoms with E-state index in [1.807, 2.05) is 6.92 Å². The van der Waals surface area contributed by atoms with Gasteiger partial charge in [-0.05, 0) is 19.8 Å². The molecule has 0 amide bonds. The van der Waals surface area contributed by atoms with Crippen LogP contribution in [0.2, 0.25) is 0 Å². The molecule has 14 heavy (non-hydrogen) atoms. The number of methoxy groups -OCH3 is 1. The van der Waals surface area contributed by atoms with Crippen molar-refractivity contribution in [2.24, 2.45) is 5.73 Å². The van der Waals surface area contributed by atoms with Gasteiger partial charge in [-0.3, -0.25) is 0 Å². The quantitative estimate of drug-likeness (QED) is 0.691. The summed E-state index contributed by atoms with van der Waals surface area (Å²) in [7, 11) is 1.60. The first-order chi connectivity index (χ1) is 6.52. The largest absolute Gasteiger partial charge is 0.388 e. The Morgan fingerprint density at radius 3 is 2.86 bits per heavy atom. The Morgan fingerprint density at radius 2 is 2.21 bits per heavy atom. The van der Waals surface area contributed by atoms with Crippen LogP contribution in [0.25, 0.3) is 0 Å². The van der Waals surface area contributed by atoms with Crippen molar-refractivity contribution in [3.8, 4) is 0 Å². The second-order valence-electron chi connectivity index (χ2n) is 4.35. The van der Waals surface area contributed by atoms with Crippen LogP contribution in [0.4, 0.5) is 0 Å². The summed E-state index contributed by atoms with van der Waals surface area (Å²) in [6.07, 6.45) is 2.12. The first-order valence-electron chi connectivity index (χ1n) is 5.10. The molecule has 1 rings (SSSR count). The van der Waals surface area contributed by atoms with Crippen LogP contribution < -0.4 is 5.73 Å². The van der Waals surface area contributed by atoms with Crippen molar-refractivity contribution >= 4 is 0 Å². The molecule has 4 heteroatoms. The SMILES string of the molecule is COCC(C)(N)C1(O)CCCOCC1. The Labute approximate surface area is 85.4 Å². The Morgan fingerprint density at radius 1 is 1.50 bits per heavy atom. The van der Waals surface area contributed by atoms with E-state index in [1.54, 1.807) is 7.11 Å². The van der Waals surface area contributed by atoms with E-state index in [2.05, 4.69) is 0 Å². The molecule has 0 aromatic carbocycles.